The highest BCUT2D eigenvalue weighted by molar-refractivity contribution is 8.00. The number of methoxy groups -OCH3 is 1. The zero-order valence-corrected chi connectivity index (χ0v) is 11.3. The van der Waals surface area contributed by atoms with Crippen molar-refractivity contribution in [3.05, 3.63) is 29.8 Å². The van der Waals surface area contributed by atoms with E-state index in [9.17, 15) is 9.90 Å². The minimum absolute atomic E-state index is 0.0664. The third-order valence-corrected chi connectivity index (χ3v) is 4.07. The molecule has 2 atom stereocenters. The molecule has 1 aliphatic heterocycles. The second kappa shape index (κ2) is 5.63. The van der Waals surface area contributed by atoms with Crippen molar-refractivity contribution in [2.75, 3.05) is 19.4 Å². The Balaban J connectivity index is 2.28. The molecule has 5 heteroatoms. The Morgan fingerprint density at radius 3 is 2.94 bits per heavy atom. The lowest BCUT2D eigenvalue weighted by molar-refractivity contribution is -0.129. The van der Waals surface area contributed by atoms with E-state index in [-0.39, 0.29) is 11.3 Å². The van der Waals surface area contributed by atoms with E-state index in [2.05, 4.69) is 0 Å². The number of nitrogens with zero attached hydrogens (tertiary/aromatic N) is 1. The van der Waals surface area contributed by atoms with E-state index in [1.54, 1.807) is 30.7 Å². The Morgan fingerprint density at radius 2 is 2.28 bits per heavy atom. The maximum absolute atomic E-state index is 11.8. The van der Waals surface area contributed by atoms with Crippen LogP contribution in [0.3, 0.4) is 0 Å². The summed E-state index contributed by atoms with van der Waals surface area (Å²) >= 11 is 1.57. The van der Waals surface area contributed by atoms with Crippen LogP contribution in [0.1, 0.15) is 17.9 Å². The van der Waals surface area contributed by atoms with Crippen molar-refractivity contribution in [3.8, 4) is 5.75 Å². The van der Waals surface area contributed by atoms with Gasteiger partial charge in [-0.25, -0.2) is 0 Å². The molecule has 0 radical (unpaired) electrons. The van der Waals surface area contributed by atoms with E-state index in [0.29, 0.717) is 12.3 Å². The van der Waals surface area contributed by atoms with Crippen LogP contribution in [0.15, 0.2) is 24.3 Å². The normalized spacial score (nSPS) is 21.2. The number of ether oxygens (including phenoxy) is 1. The predicted molar refractivity (Wildman–Crippen MR) is 71.6 cm³/mol. The van der Waals surface area contributed by atoms with Gasteiger partial charge < -0.3 is 14.7 Å². The van der Waals surface area contributed by atoms with E-state index in [1.807, 2.05) is 24.3 Å². The topological polar surface area (TPSA) is 49.8 Å². The second-order valence-electron chi connectivity index (χ2n) is 4.30. The summed E-state index contributed by atoms with van der Waals surface area (Å²) in [6.45, 7) is 2.05. The van der Waals surface area contributed by atoms with Crippen LogP contribution < -0.4 is 4.74 Å². The van der Waals surface area contributed by atoms with Crippen molar-refractivity contribution in [2.45, 2.75) is 18.4 Å². The molecular formula is C13H17NO3S. The molecule has 1 saturated heterocycles. The fraction of sp³-hybridized carbons (Fsp3) is 0.462. The molecule has 4 nitrogen and oxygen atoms in total. The summed E-state index contributed by atoms with van der Waals surface area (Å²) in [7, 11) is 1.62. The lowest BCUT2D eigenvalue weighted by Crippen LogP contribution is -2.34. The quantitative estimate of drug-likeness (QED) is 0.901. The van der Waals surface area contributed by atoms with Gasteiger partial charge in [-0.05, 0) is 13.0 Å². The Morgan fingerprint density at radius 1 is 1.56 bits per heavy atom. The van der Waals surface area contributed by atoms with Crippen molar-refractivity contribution in [2.24, 2.45) is 0 Å². The molecule has 2 rings (SSSR count). The van der Waals surface area contributed by atoms with Crippen LogP contribution in [0.2, 0.25) is 0 Å². The number of aliphatic hydroxyl groups excluding tert-OH is 1. The molecule has 0 saturated carbocycles. The van der Waals surface area contributed by atoms with Gasteiger partial charge >= 0.3 is 0 Å². The van der Waals surface area contributed by atoms with Gasteiger partial charge in [0.25, 0.3) is 0 Å². The van der Waals surface area contributed by atoms with Crippen LogP contribution in [0.25, 0.3) is 0 Å². The van der Waals surface area contributed by atoms with Gasteiger partial charge in [0.15, 0.2) is 0 Å². The van der Waals surface area contributed by atoms with E-state index < -0.39 is 6.10 Å². The number of rotatable bonds is 4. The fourth-order valence-corrected chi connectivity index (χ4v) is 3.29. The fourth-order valence-electron chi connectivity index (χ4n) is 2.06. The summed E-state index contributed by atoms with van der Waals surface area (Å²) in [6.07, 6.45) is -0.523. The summed E-state index contributed by atoms with van der Waals surface area (Å²) < 4.78 is 5.33. The third kappa shape index (κ3) is 2.62. The molecule has 1 N–H and O–H groups in total. The summed E-state index contributed by atoms with van der Waals surface area (Å²) in [5.41, 5.74) is 0.983. The van der Waals surface area contributed by atoms with E-state index in [0.717, 1.165) is 11.3 Å². The molecule has 18 heavy (non-hydrogen) atoms. The zero-order chi connectivity index (χ0) is 13.1. The number of carbonyl (C=O) groups is 1. The van der Waals surface area contributed by atoms with Crippen molar-refractivity contribution >= 4 is 17.7 Å². The summed E-state index contributed by atoms with van der Waals surface area (Å²) in [5, 5.41) is 9.42. The first-order valence-electron chi connectivity index (χ1n) is 5.85. The molecule has 1 heterocycles. The monoisotopic (exact) mass is 267 g/mol. The minimum atomic E-state index is -0.523. The lowest BCUT2D eigenvalue weighted by atomic mass is 10.1. The number of hydrogen-bond donors (Lipinski definition) is 1. The highest BCUT2D eigenvalue weighted by Gasteiger charge is 2.34. The number of benzene rings is 1. The largest absolute Gasteiger partial charge is 0.496 e. The van der Waals surface area contributed by atoms with Crippen molar-refractivity contribution < 1.29 is 14.6 Å². The molecule has 1 fully saturated rings. The maximum atomic E-state index is 11.8. The van der Waals surface area contributed by atoms with Gasteiger partial charge in [-0.1, -0.05) is 18.2 Å². The van der Waals surface area contributed by atoms with Crippen LogP contribution >= 0.6 is 11.8 Å². The zero-order valence-electron chi connectivity index (χ0n) is 10.5. The standard InChI is InChI=1S/C13H17NO3S/c1-9(15)7-14-12(16)8-18-13(14)10-5-3-4-6-11(10)17-2/h3-6,9,13,15H,7-8H2,1-2H3. The van der Waals surface area contributed by atoms with Gasteiger partial charge in [0.2, 0.25) is 5.91 Å². The average Bonchev–Trinajstić information content (AvgIpc) is 2.70. The minimum Gasteiger partial charge on any atom is -0.496 e. The Bertz CT molecular complexity index is 436. The van der Waals surface area contributed by atoms with E-state index in [1.165, 1.54) is 0 Å². The molecule has 1 amide bonds. The molecule has 98 valence electrons. The van der Waals surface area contributed by atoms with Gasteiger partial charge in [-0.3, -0.25) is 4.79 Å². The maximum Gasteiger partial charge on any atom is 0.233 e. The van der Waals surface area contributed by atoms with Gasteiger partial charge in [0.05, 0.1) is 19.0 Å². The molecule has 0 aromatic heterocycles. The molecule has 0 bridgehead atoms. The van der Waals surface area contributed by atoms with Gasteiger partial charge in [-0.2, -0.15) is 0 Å². The molecular weight excluding hydrogens is 250 g/mol. The average molecular weight is 267 g/mol. The first-order valence-corrected chi connectivity index (χ1v) is 6.90. The number of hydrogen-bond acceptors (Lipinski definition) is 4. The molecule has 1 aromatic carbocycles. The van der Waals surface area contributed by atoms with Crippen LogP contribution in [0.4, 0.5) is 0 Å². The smallest absolute Gasteiger partial charge is 0.233 e. The number of aliphatic hydroxyl groups is 1. The van der Waals surface area contributed by atoms with Gasteiger partial charge in [0, 0.05) is 12.1 Å². The van der Waals surface area contributed by atoms with Gasteiger partial charge in [-0.15, -0.1) is 11.8 Å². The van der Waals surface area contributed by atoms with Crippen molar-refractivity contribution in [3.63, 3.8) is 0 Å². The highest BCUT2D eigenvalue weighted by atomic mass is 32.2. The Hall–Kier alpha value is -1.20. The summed E-state index contributed by atoms with van der Waals surface area (Å²) in [4.78, 5) is 13.6. The summed E-state index contributed by atoms with van der Waals surface area (Å²) in [5.74, 6) is 1.30. The van der Waals surface area contributed by atoms with Crippen LogP contribution in [0.5, 0.6) is 5.75 Å². The van der Waals surface area contributed by atoms with E-state index >= 15 is 0 Å². The van der Waals surface area contributed by atoms with E-state index in [4.69, 9.17) is 4.74 Å². The number of para-hydroxylation sites is 1. The lowest BCUT2D eigenvalue weighted by Gasteiger charge is -2.26. The first-order chi connectivity index (χ1) is 8.63. The SMILES string of the molecule is COc1ccccc1C1SCC(=O)N1CC(C)O. The molecule has 0 aliphatic carbocycles. The number of amides is 1. The predicted octanol–water partition coefficient (Wildman–Crippen LogP) is 1.65. The molecule has 1 aliphatic rings. The Labute approximate surface area is 111 Å². The number of thioether (sulfide) groups is 1. The van der Waals surface area contributed by atoms with Crippen LogP contribution in [0, 0.1) is 0 Å². The van der Waals surface area contributed by atoms with Crippen LogP contribution in [-0.2, 0) is 4.79 Å². The Kier molecular flexibility index (Phi) is 4.14. The van der Waals surface area contributed by atoms with Crippen molar-refractivity contribution in [1.82, 2.24) is 4.90 Å². The molecule has 1 aromatic rings. The third-order valence-electron chi connectivity index (χ3n) is 2.83. The number of carbonyl (C=O) groups excluding carboxylic acids is 1. The first kappa shape index (κ1) is 13.2. The second-order valence-corrected chi connectivity index (χ2v) is 5.37. The molecule has 2 unspecified atom stereocenters. The van der Waals surface area contributed by atoms with Gasteiger partial charge in [0.1, 0.15) is 11.1 Å². The number of β-amino-alcohol motifs (C(OH)–C–C–N with tert-alkyl or cyclic N) is 1. The highest BCUT2D eigenvalue weighted by Crippen LogP contribution is 2.42. The van der Waals surface area contributed by atoms with Crippen molar-refractivity contribution in [1.29, 1.82) is 0 Å². The van der Waals surface area contributed by atoms with Crippen LogP contribution in [-0.4, -0.2) is 41.4 Å². The summed E-state index contributed by atoms with van der Waals surface area (Å²) in [6, 6.07) is 7.69. The molecule has 0 spiro atoms.